The van der Waals surface area contributed by atoms with E-state index in [-0.39, 0.29) is 35.9 Å². The average molecular weight is 441 g/mol. The first-order valence-electron chi connectivity index (χ1n) is 7.90. The highest BCUT2D eigenvalue weighted by Gasteiger charge is 2.25. The summed E-state index contributed by atoms with van der Waals surface area (Å²) in [5.41, 5.74) is 1.74. The molecule has 130 valence electrons. The molecule has 0 saturated carbocycles. The van der Waals surface area contributed by atoms with Gasteiger partial charge in [-0.2, -0.15) is 5.26 Å². The second kappa shape index (κ2) is 10.1. The van der Waals surface area contributed by atoms with E-state index in [1.165, 1.54) is 0 Å². The van der Waals surface area contributed by atoms with Crippen molar-refractivity contribution in [3.05, 3.63) is 35.4 Å². The zero-order valence-electron chi connectivity index (χ0n) is 14.1. The maximum Gasteiger partial charge on any atom is 0.222 e. The monoisotopic (exact) mass is 441 g/mol. The van der Waals surface area contributed by atoms with E-state index in [0.29, 0.717) is 18.5 Å². The molecule has 0 spiro atoms. The summed E-state index contributed by atoms with van der Waals surface area (Å²) in [6.07, 6.45) is 1.49. The molecule has 0 aliphatic carbocycles. The van der Waals surface area contributed by atoms with Crippen LogP contribution in [0.5, 0.6) is 0 Å². The minimum atomic E-state index is 0. The van der Waals surface area contributed by atoms with Crippen molar-refractivity contribution >= 4 is 35.8 Å². The Bertz CT molecular complexity index is 608. The number of benzene rings is 1. The molecule has 1 saturated heterocycles. The lowest BCUT2D eigenvalue weighted by Gasteiger charge is -2.18. The number of hydrogen-bond donors (Lipinski definition) is 2. The number of amides is 1. The number of hydrogen-bond acceptors (Lipinski definition) is 3. The molecule has 1 fully saturated rings. The van der Waals surface area contributed by atoms with Gasteiger partial charge in [-0.1, -0.05) is 19.1 Å². The van der Waals surface area contributed by atoms with Crippen LogP contribution in [0.4, 0.5) is 0 Å². The van der Waals surface area contributed by atoms with E-state index in [1.54, 1.807) is 19.2 Å². The number of nitrogens with zero attached hydrogens (tertiary/aromatic N) is 3. The van der Waals surface area contributed by atoms with Gasteiger partial charge in [-0.25, -0.2) is 0 Å². The molecule has 1 aromatic carbocycles. The molecule has 0 radical (unpaired) electrons. The first-order valence-corrected chi connectivity index (χ1v) is 7.90. The Balaban J connectivity index is 0.00000288. The van der Waals surface area contributed by atoms with Gasteiger partial charge in [0.05, 0.1) is 11.6 Å². The van der Waals surface area contributed by atoms with Crippen molar-refractivity contribution in [2.75, 3.05) is 20.1 Å². The minimum absolute atomic E-state index is 0. The predicted octanol–water partition coefficient (Wildman–Crippen LogP) is 1.85. The van der Waals surface area contributed by atoms with E-state index in [1.807, 2.05) is 24.0 Å². The van der Waals surface area contributed by atoms with Crippen LogP contribution in [0, 0.1) is 11.3 Å². The average Bonchev–Trinajstić information content (AvgIpc) is 3.06. The number of rotatable bonds is 4. The standard InChI is InChI=1S/C17H23N5O.HI/c1-3-16(23)22-9-8-15(12-22)21-17(19-2)20-11-14-6-4-13(10-18)5-7-14;/h4-7,15H,3,8-9,11-12H2,1-2H3,(H2,19,20,21);1H. The maximum atomic E-state index is 11.7. The van der Waals surface area contributed by atoms with E-state index < -0.39 is 0 Å². The highest BCUT2D eigenvalue weighted by molar-refractivity contribution is 14.0. The summed E-state index contributed by atoms with van der Waals surface area (Å²) in [5.74, 6) is 0.931. The lowest BCUT2D eigenvalue weighted by molar-refractivity contribution is -0.129. The molecule has 0 aromatic heterocycles. The molecule has 1 aliphatic rings. The van der Waals surface area contributed by atoms with Gasteiger partial charge >= 0.3 is 0 Å². The fourth-order valence-electron chi connectivity index (χ4n) is 2.60. The summed E-state index contributed by atoms with van der Waals surface area (Å²) >= 11 is 0. The fraction of sp³-hybridized carbons (Fsp3) is 0.471. The van der Waals surface area contributed by atoms with Gasteiger partial charge in [-0.3, -0.25) is 9.79 Å². The van der Waals surface area contributed by atoms with Gasteiger partial charge in [0, 0.05) is 39.1 Å². The van der Waals surface area contributed by atoms with Crippen LogP contribution < -0.4 is 10.6 Å². The molecule has 1 atom stereocenters. The Morgan fingerprint density at radius 1 is 1.42 bits per heavy atom. The Labute approximate surface area is 160 Å². The molecular weight excluding hydrogens is 417 g/mol. The fourth-order valence-corrected chi connectivity index (χ4v) is 2.60. The molecule has 1 heterocycles. The van der Waals surface area contributed by atoms with Crippen molar-refractivity contribution in [3.63, 3.8) is 0 Å². The van der Waals surface area contributed by atoms with E-state index in [2.05, 4.69) is 21.7 Å². The molecule has 1 unspecified atom stereocenters. The van der Waals surface area contributed by atoms with Gasteiger partial charge in [0.15, 0.2) is 5.96 Å². The third-order valence-electron chi connectivity index (χ3n) is 3.95. The summed E-state index contributed by atoms with van der Waals surface area (Å²) in [6, 6.07) is 9.80. The van der Waals surface area contributed by atoms with Gasteiger partial charge in [-0.15, -0.1) is 24.0 Å². The highest BCUT2D eigenvalue weighted by atomic mass is 127. The van der Waals surface area contributed by atoms with Gasteiger partial charge in [0.1, 0.15) is 0 Å². The van der Waals surface area contributed by atoms with E-state index in [4.69, 9.17) is 5.26 Å². The smallest absolute Gasteiger partial charge is 0.222 e. The largest absolute Gasteiger partial charge is 0.352 e. The van der Waals surface area contributed by atoms with Crippen molar-refractivity contribution in [2.24, 2.45) is 4.99 Å². The van der Waals surface area contributed by atoms with Crippen LogP contribution in [0.25, 0.3) is 0 Å². The molecule has 1 aromatic rings. The van der Waals surface area contributed by atoms with Crippen LogP contribution in [0.15, 0.2) is 29.3 Å². The first kappa shape index (κ1) is 20.2. The number of halogens is 1. The van der Waals surface area contributed by atoms with Crippen LogP contribution in [0.3, 0.4) is 0 Å². The quantitative estimate of drug-likeness (QED) is 0.425. The summed E-state index contributed by atoms with van der Waals surface area (Å²) in [6.45, 7) is 4.05. The first-order chi connectivity index (χ1) is 11.2. The van der Waals surface area contributed by atoms with Gasteiger partial charge in [0.2, 0.25) is 5.91 Å². The Morgan fingerprint density at radius 3 is 2.71 bits per heavy atom. The number of likely N-dealkylation sites (tertiary alicyclic amines) is 1. The van der Waals surface area contributed by atoms with E-state index in [9.17, 15) is 4.79 Å². The Kier molecular flexibility index (Phi) is 8.54. The Hall–Kier alpha value is -1.82. The van der Waals surface area contributed by atoms with Crippen molar-refractivity contribution in [2.45, 2.75) is 32.4 Å². The number of aliphatic imine (C=N–C) groups is 1. The lowest BCUT2D eigenvalue weighted by atomic mass is 10.1. The van der Waals surface area contributed by atoms with Crippen molar-refractivity contribution < 1.29 is 4.79 Å². The van der Waals surface area contributed by atoms with Crippen LogP contribution in [-0.4, -0.2) is 42.9 Å². The molecule has 1 amide bonds. The van der Waals surface area contributed by atoms with Crippen LogP contribution in [-0.2, 0) is 11.3 Å². The SMILES string of the molecule is CCC(=O)N1CCC(NC(=NC)NCc2ccc(C#N)cc2)C1.I. The van der Waals surface area contributed by atoms with Gasteiger partial charge < -0.3 is 15.5 Å². The van der Waals surface area contributed by atoms with E-state index in [0.717, 1.165) is 31.0 Å². The number of carbonyl (C=O) groups is 1. The van der Waals surface area contributed by atoms with Crippen molar-refractivity contribution in [1.82, 2.24) is 15.5 Å². The van der Waals surface area contributed by atoms with Gasteiger partial charge in [0.25, 0.3) is 0 Å². The Morgan fingerprint density at radius 2 is 2.12 bits per heavy atom. The number of guanidine groups is 1. The molecule has 24 heavy (non-hydrogen) atoms. The third kappa shape index (κ3) is 5.67. The number of nitrogens with one attached hydrogen (secondary N) is 2. The lowest BCUT2D eigenvalue weighted by Crippen LogP contribution is -2.44. The molecular formula is C17H24IN5O. The second-order valence-corrected chi connectivity index (χ2v) is 5.56. The van der Waals surface area contributed by atoms with Gasteiger partial charge in [-0.05, 0) is 24.1 Å². The molecule has 1 aliphatic heterocycles. The van der Waals surface area contributed by atoms with Crippen LogP contribution in [0.1, 0.15) is 30.9 Å². The second-order valence-electron chi connectivity index (χ2n) is 5.56. The van der Waals surface area contributed by atoms with Crippen molar-refractivity contribution in [1.29, 1.82) is 5.26 Å². The normalized spacial score (nSPS) is 17.0. The number of carbonyl (C=O) groups excluding carboxylic acids is 1. The summed E-state index contributed by atoms with van der Waals surface area (Å²) in [4.78, 5) is 17.8. The molecule has 2 rings (SSSR count). The molecule has 0 bridgehead atoms. The maximum absolute atomic E-state index is 11.7. The minimum Gasteiger partial charge on any atom is -0.352 e. The summed E-state index contributed by atoms with van der Waals surface area (Å²) in [5, 5.41) is 15.4. The van der Waals surface area contributed by atoms with Crippen LogP contribution >= 0.6 is 24.0 Å². The van der Waals surface area contributed by atoms with E-state index >= 15 is 0 Å². The molecule has 7 heteroatoms. The third-order valence-corrected chi connectivity index (χ3v) is 3.95. The summed E-state index contributed by atoms with van der Waals surface area (Å²) in [7, 11) is 1.73. The highest BCUT2D eigenvalue weighted by Crippen LogP contribution is 2.10. The summed E-state index contributed by atoms with van der Waals surface area (Å²) < 4.78 is 0. The topological polar surface area (TPSA) is 80.5 Å². The zero-order valence-corrected chi connectivity index (χ0v) is 16.4. The van der Waals surface area contributed by atoms with Crippen LogP contribution in [0.2, 0.25) is 0 Å². The van der Waals surface area contributed by atoms with Crippen molar-refractivity contribution in [3.8, 4) is 6.07 Å². The predicted molar refractivity (Wildman–Crippen MR) is 105 cm³/mol. The molecule has 6 nitrogen and oxygen atoms in total. The zero-order chi connectivity index (χ0) is 16.7. The molecule has 2 N–H and O–H groups in total. The number of nitriles is 1.